The van der Waals surface area contributed by atoms with Crippen LogP contribution in [0.4, 0.5) is 5.69 Å². The van der Waals surface area contributed by atoms with Crippen LogP contribution in [0.25, 0.3) is 0 Å². The molecule has 1 aromatic carbocycles. The SMILES string of the molecule is CCC1CCCCN1c1ccc(CNCC(C)C)cc1. The van der Waals surface area contributed by atoms with E-state index in [2.05, 4.69) is 55.3 Å². The van der Waals surface area contributed by atoms with E-state index < -0.39 is 0 Å². The summed E-state index contributed by atoms with van der Waals surface area (Å²) in [6.45, 7) is 10.1. The molecule has 0 amide bonds. The summed E-state index contributed by atoms with van der Waals surface area (Å²) in [6, 6.07) is 9.92. The number of rotatable bonds is 6. The van der Waals surface area contributed by atoms with Gasteiger partial charge in [-0.1, -0.05) is 32.9 Å². The smallest absolute Gasteiger partial charge is 0.0368 e. The maximum atomic E-state index is 3.51. The lowest BCUT2D eigenvalue weighted by atomic mass is 9.99. The van der Waals surface area contributed by atoms with Crippen molar-refractivity contribution in [2.75, 3.05) is 18.0 Å². The fourth-order valence-corrected chi connectivity index (χ4v) is 3.08. The minimum atomic E-state index is 0.716. The first-order valence-corrected chi connectivity index (χ1v) is 8.27. The Bertz CT molecular complexity index is 383. The number of hydrogen-bond donors (Lipinski definition) is 1. The monoisotopic (exact) mass is 274 g/mol. The molecule has 1 atom stereocenters. The zero-order chi connectivity index (χ0) is 14.4. The van der Waals surface area contributed by atoms with E-state index in [0.29, 0.717) is 5.92 Å². The first-order valence-electron chi connectivity index (χ1n) is 8.27. The van der Waals surface area contributed by atoms with Crippen molar-refractivity contribution in [1.29, 1.82) is 0 Å². The molecule has 2 nitrogen and oxygen atoms in total. The Morgan fingerprint density at radius 3 is 2.60 bits per heavy atom. The molecule has 20 heavy (non-hydrogen) atoms. The van der Waals surface area contributed by atoms with E-state index in [9.17, 15) is 0 Å². The van der Waals surface area contributed by atoms with E-state index in [0.717, 1.165) is 19.1 Å². The van der Waals surface area contributed by atoms with Crippen LogP contribution in [0, 0.1) is 5.92 Å². The highest BCUT2D eigenvalue weighted by molar-refractivity contribution is 5.49. The Morgan fingerprint density at radius 1 is 1.20 bits per heavy atom. The first kappa shape index (κ1) is 15.4. The maximum absolute atomic E-state index is 3.51. The molecule has 0 spiro atoms. The lowest BCUT2D eigenvalue weighted by molar-refractivity contribution is 0.450. The van der Waals surface area contributed by atoms with Crippen molar-refractivity contribution in [3.05, 3.63) is 29.8 Å². The molecule has 0 radical (unpaired) electrons. The highest BCUT2D eigenvalue weighted by Gasteiger charge is 2.20. The van der Waals surface area contributed by atoms with Gasteiger partial charge in [0, 0.05) is 24.8 Å². The number of nitrogens with zero attached hydrogens (tertiary/aromatic N) is 1. The van der Waals surface area contributed by atoms with E-state index in [1.165, 1.54) is 43.5 Å². The van der Waals surface area contributed by atoms with Gasteiger partial charge < -0.3 is 10.2 Å². The van der Waals surface area contributed by atoms with Gasteiger partial charge in [0.15, 0.2) is 0 Å². The van der Waals surface area contributed by atoms with Crippen LogP contribution in [0.3, 0.4) is 0 Å². The number of piperidine rings is 1. The average Bonchev–Trinajstić information content (AvgIpc) is 2.47. The van der Waals surface area contributed by atoms with E-state index in [-0.39, 0.29) is 0 Å². The molecule has 1 aliphatic heterocycles. The van der Waals surface area contributed by atoms with Crippen molar-refractivity contribution < 1.29 is 0 Å². The summed E-state index contributed by atoms with van der Waals surface area (Å²) >= 11 is 0. The molecule has 0 bridgehead atoms. The minimum Gasteiger partial charge on any atom is -0.369 e. The Balaban J connectivity index is 1.93. The Labute approximate surface area is 124 Å². The first-order chi connectivity index (χ1) is 9.70. The number of anilines is 1. The second kappa shape index (κ2) is 7.68. The van der Waals surface area contributed by atoms with E-state index in [4.69, 9.17) is 0 Å². The second-order valence-electron chi connectivity index (χ2n) is 6.44. The van der Waals surface area contributed by atoms with Crippen molar-refractivity contribution in [2.45, 2.75) is 59.0 Å². The van der Waals surface area contributed by atoms with Gasteiger partial charge in [0.2, 0.25) is 0 Å². The van der Waals surface area contributed by atoms with Crippen molar-refractivity contribution >= 4 is 5.69 Å². The van der Waals surface area contributed by atoms with Crippen LogP contribution in [0.1, 0.15) is 52.0 Å². The van der Waals surface area contributed by atoms with Crippen LogP contribution in [-0.4, -0.2) is 19.1 Å². The van der Waals surface area contributed by atoms with Crippen LogP contribution < -0.4 is 10.2 Å². The zero-order valence-electron chi connectivity index (χ0n) is 13.4. The van der Waals surface area contributed by atoms with Gasteiger partial charge in [-0.05, 0) is 55.8 Å². The number of benzene rings is 1. The normalized spacial score (nSPS) is 19.6. The Kier molecular flexibility index (Phi) is 5.90. The van der Waals surface area contributed by atoms with E-state index in [1.54, 1.807) is 0 Å². The molecule has 112 valence electrons. The second-order valence-corrected chi connectivity index (χ2v) is 6.44. The number of nitrogens with one attached hydrogen (secondary N) is 1. The summed E-state index contributed by atoms with van der Waals surface area (Å²) in [5.41, 5.74) is 2.80. The highest BCUT2D eigenvalue weighted by atomic mass is 15.2. The molecular formula is C18H30N2. The third kappa shape index (κ3) is 4.24. The Hall–Kier alpha value is -1.02. The van der Waals surface area contributed by atoms with Crippen LogP contribution in [0.5, 0.6) is 0 Å². The molecular weight excluding hydrogens is 244 g/mol. The molecule has 1 heterocycles. The van der Waals surface area contributed by atoms with Crippen LogP contribution in [0.2, 0.25) is 0 Å². The van der Waals surface area contributed by atoms with Gasteiger partial charge in [-0.2, -0.15) is 0 Å². The van der Waals surface area contributed by atoms with Crippen LogP contribution in [-0.2, 0) is 6.54 Å². The fourth-order valence-electron chi connectivity index (χ4n) is 3.08. The molecule has 1 aromatic rings. The summed E-state index contributed by atoms with van der Waals surface area (Å²) in [4.78, 5) is 2.61. The van der Waals surface area contributed by atoms with Crippen molar-refractivity contribution in [2.24, 2.45) is 5.92 Å². The molecule has 1 fully saturated rings. The zero-order valence-corrected chi connectivity index (χ0v) is 13.4. The predicted octanol–water partition coefficient (Wildman–Crippen LogP) is 4.20. The topological polar surface area (TPSA) is 15.3 Å². The number of hydrogen-bond acceptors (Lipinski definition) is 2. The lowest BCUT2D eigenvalue weighted by Crippen LogP contribution is -2.39. The maximum Gasteiger partial charge on any atom is 0.0368 e. The Morgan fingerprint density at radius 2 is 1.95 bits per heavy atom. The molecule has 1 aliphatic rings. The van der Waals surface area contributed by atoms with E-state index >= 15 is 0 Å². The molecule has 2 rings (SSSR count). The largest absolute Gasteiger partial charge is 0.369 e. The van der Waals surface area contributed by atoms with Gasteiger partial charge in [0.1, 0.15) is 0 Å². The lowest BCUT2D eigenvalue weighted by Gasteiger charge is -2.37. The molecule has 0 aliphatic carbocycles. The van der Waals surface area contributed by atoms with Gasteiger partial charge in [0.05, 0.1) is 0 Å². The third-order valence-corrected chi connectivity index (χ3v) is 4.25. The van der Waals surface area contributed by atoms with Gasteiger partial charge >= 0.3 is 0 Å². The summed E-state index contributed by atoms with van der Waals surface area (Å²) in [5, 5.41) is 3.51. The predicted molar refractivity (Wildman–Crippen MR) is 88.3 cm³/mol. The molecule has 1 unspecified atom stereocenters. The summed E-state index contributed by atoms with van der Waals surface area (Å²) in [7, 11) is 0. The standard InChI is InChI=1S/C18H30N2/c1-4-17-7-5-6-12-20(17)18-10-8-16(9-11-18)14-19-13-15(2)3/h8-11,15,17,19H,4-7,12-14H2,1-3H3. The molecule has 1 N–H and O–H groups in total. The molecule has 2 heteroatoms. The average molecular weight is 274 g/mol. The summed E-state index contributed by atoms with van der Waals surface area (Å²) in [5.74, 6) is 0.716. The van der Waals surface area contributed by atoms with Crippen molar-refractivity contribution in [3.8, 4) is 0 Å². The van der Waals surface area contributed by atoms with Crippen molar-refractivity contribution in [1.82, 2.24) is 5.32 Å². The van der Waals surface area contributed by atoms with Crippen LogP contribution in [0.15, 0.2) is 24.3 Å². The van der Waals surface area contributed by atoms with Crippen LogP contribution >= 0.6 is 0 Å². The summed E-state index contributed by atoms with van der Waals surface area (Å²) < 4.78 is 0. The fraction of sp³-hybridized carbons (Fsp3) is 0.667. The summed E-state index contributed by atoms with van der Waals surface area (Å²) in [6.07, 6.45) is 5.35. The van der Waals surface area contributed by atoms with E-state index in [1.807, 2.05) is 0 Å². The van der Waals surface area contributed by atoms with Gasteiger partial charge in [-0.15, -0.1) is 0 Å². The van der Waals surface area contributed by atoms with Gasteiger partial charge in [-0.25, -0.2) is 0 Å². The molecule has 0 aromatic heterocycles. The highest BCUT2D eigenvalue weighted by Crippen LogP contribution is 2.26. The van der Waals surface area contributed by atoms with Gasteiger partial charge in [-0.3, -0.25) is 0 Å². The molecule has 1 saturated heterocycles. The molecule has 0 saturated carbocycles. The minimum absolute atomic E-state index is 0.716. The quantitative estimate of drug-likeness (QED) is 0.836. The van der Waals surface area contributed by atoms with Crippen molar-refractivity contribution in [3.63, 3.8) is 0 Å². The third-order valence-electron chi connectivity index (χ3n) is 4.25. The van der Waals surface area contributed by atoms with Gasteiger partial charge in [0.25, 0.3) is 0 Å².